The number of aromatic amines is 1. The summed E-state index contributed by atoms with van der Waals surface area (Å²) < 4.78 is 47.3. The quantitative estimate of drug-likeness (QED) is 0.151. The van der Waals surface area contributed by atoms with Crippen LogP contribution < -0.4 is 16.3 Å². The Balaban J connectivity index is 1.29. The van der Waals surface area contributed by atoms with Gasteiger partial charge in [0, 0.05) is 42.3 Å². The largest absolute Gasteiger partial charge is 0.461 e. The molecule has 10 nitrogen and oxygen atoms in total. The summed E-state index contributed by atoms with van der Waals surface area (Å²) >= 11 is 0. The number of nitrogens with zero attached hydrogens (tertiary/aromatic N) is 2. The molecule has 1 fully saturated rings. The Bertz CT molecular complexity index is 1490. The molecule has 0 radical (unpaired) electrons. The van der Waals surface area contributed by atoms with Crippen LogP contribution in [-0.2, 0) is 14.8 Å². The molecule has 0 amide bonds. The number of ether oxygens (including phenoxy) is 1. The Morgan fingerprint density at radius 1 is 1.26 bits per heavy atom. The minimum absolute atomic E-state index is 0.0515. The van der Waals surface area contributed by atoms with E-state index in [2.05, 4.69) is 21.5 Å². The maximum atomic E-state index is 14.1. The number of nitrogens with one attached hydrogen (secondary N) is 2. The Morgan fingerprint density at radius 2 is 2.00 bits per heavy atom. The summed E-state index contributed by atoms with van der Waals surface area (Å²) in [5.74, 6) is 5.85. The number of benzene rings is 1. The molecule has 236 valence electrons. The predicted octanol–water partition coefficient (Wildman–Crippen LogP) is 3.85. The number of halogens is 1. The summed E-state index contributed by atoms with van der Waals surface area (Å²) in [6, 6.07) is 4.21. The van der Waals surface area contributed by atoms with Gasteiger partial charge in [0.2, 0.25) is 10.0 Å². The van der Waals surface area contributed by atoms with Gasteiger partial charge in [-0.3, -0.25) is 0 Å². The fourth-order valence-electron chi connectivity index (χ4n) is 5.48. The summed E-state index contributed by atoms with van der Waals surface area (Å²) in [7, 11) is -3.36. The molecule has 0 unspecified atom stereocenters. The number of hydrazine groups is 1. The van der Waals surface area contributed by atoms with Crippen LogP contribution in [0.3, 0.4) is 0 Å². The SMILES string of the molecule is CC1=CC=C(CS(=O)(=O)NCCN2CCC(CN(N)/C=C(\N)c3c(C(=O)OCC(C)C)[nH]c4ccc(F)cc34)CC2)CC1. The van der Waals surface area contributed by atoms with Crippen molar-refractivity contribution in [3.8, 4) is 0 Å². The molecule has 2 heterocycles. The summed E-state index contributed by atoms with van der Waals surface area (Å²) in [5.41, 5.74) is 10.00. The first kappa shape index (κ1) is 32.7. The van der Waals surface area contributed by atoms with E-state index in [1.807, 2.05) is 26.0 Å². The van der Waals surface area contributed by atoms with E-state index >= 15 is 0 Å². The molecular formula is C31H45FN6O4S. The predicted molar refractivity (Wildman–Crippen MR) is 168 cm³/mol. The molecule has 1 aromatic carbocycles. The van der Waals surface area contributed by atoms with Gasteiger partial charge in [0.1, 0.15) is 11.5 Å². The first-order valence-electron chi connectivity index (χ1n) is 14.9. The number of sulfonamides is 1. The normalized spacial score (nSPS) is 17.3. The topological polar surface area (TPSA) is 147 Å². The average Bonchev–Trinajstić information content (AvgIpc) is 3.32. The van der Waals surface area contributed by atoms with Gasteiger partial charge in [-0.2, -0.15) is 0 Å². The van der Waals surface area contributed by atoms with Crippen molar-refractivity contribution in [3.63, 3.8) is 0 Å². The lowest BCUT2D eigenvalue weighted by atomic mass is 9.96. The second kappa shape index (κ2) is 14.5. The van der Waals surface area contributed by atoms with Crippen LogP contribution in [0.1, 0.15) is 62.5 Å². The molecule has 0 saturated carbocycles. The number of piperidine rings is 1. The van der Waals surface area contributed by atoms with Gasteiger partial charge in [-0.05, 0) is 75.7 Å². The number of likely N-dealkylation sites (tertiary alicyclic amines) is 1. The lowest BCUT2D eigenvalue weighted by Gasteiger charge is -2.33. The third-order valence-corrected chi connectivity index (χ3v) is 9.25. The van der Waals surface area contributed by atoms with Gasteiger partial charge >= 0.3 is 5.97 Å². The van der Waals surface area contributed by atoms with Gasteiger partial charge in [0.05, 0.1) is 18.1 Å². The molecule has 0 spiro atoms. The van der Waals surface area contributed by atoms with Crippen molar-refractivity contribution in [2.75, 3.05) is 45.1 Å². The molecule has 12 heteroatoms. The Kier molecular flexibility index (Phi) is 11.0. The number of hydrogen-bond acceptors (Lipinski definition) is 8. The zero-order valence-corrected chi connectivity index (χ0v) is 26.2. The number of fused-ring (bicyclic) bond motifs is 1. The molecule has 1 aliphatic carbocycles. The van der Waals surface area contributed by atoms with Crippen molar-refractivity contribution in [1.82, 2.24) is 19.6 Å². The van der Waals surface area contributed by atoms with Crippen molar-refractivity contribution in [2.45, 2.75) is 46.5 Å². The van der Waals surface area contributed by atoms with Crippen LogP contribution in [0.2, 0.25) is 0 Å². The zero-order chi connectivity index (χ0) is 31.1. The lowest BCUT2D eigenvalue weighted by Crippen LogP contribution is -2.42. The van der Waals surface area contributed by atoms with Gasteiger partial charge in [-0.15, -0.1) is 0 Å². The van der Waals surface area contributed by atoms with Crippen molar-refractivity contribution in [2.24, 2.45) is 23.4 Å². The molecule has 1 saturated heterocycles. The number of carbonyl (C=O) groups excluding carboxylic acids is 1. The zero-order valence-electron chi connectivity index (χ0n) is 25.4. The van der Waals surface area contributed by atoms with Gasteiger partial charge in [-0.25, -0.2) is 28.2 Å². The highest BCUT2D eigenvalue weighted by molar-refractivity contribution is 7.89. The molecular weight excluding hydrogens is 571 g/mol. The Morgan fingerprint density at radius 3 is 2.67 bits per heavy atom. The Labute approximate surface area is 254 Å². The third-order valence-electron chi connectivity index (χ3n) is 7.85. The monoisotopic (exact) mass is 616 g/mol. The van der Waals surface area contributed by atoms with E-state index in [-0.39, 0.29) is 29.7 Å². The van der Waals surface area contributed by atoms with Gasteiger partial charge in [0.15, 0.2) is 0 Å². The lowest BCUT2D eigenvalue weighted by molar-refractivity contribution is 0.0452. The van der Waals surface area contributed by atoms with Crippen molar-refractivity contribution in [1.29, 1.82) is 0 Å². The van der Waals surface area contributed by atoms with Crippen LogP contribution in [0.4, 0.5) is 4.39 Å². The fourth-order valence-corrected chi connectivity index (χ4v) is 6.71. The molecule has 1 aliphatic heterocycles. The molecule has 6 N–H and O–H groups in total. The minimum atomic E-state index is -3.36. The summed E-state index contributed by atoms with van der Waals surface area (Å²) in [6.07, 6.45) is 9.00. The molecule has 2 aliphatic rings. The first-order chi connectivity index (χ1) is 20.4. The summed E-state index contributed by atoms with van der Waals surface area (Å²) in [5, 5.41) is 1.99. The molecule has 0 atom stereocenters. The van der Waals surface area contributed by atoms with Crippen LogP contribution in [0.5, 0.6) is 0 Å². The van der Waals surface area contributed by atoms with Crippen molar-refractivity contribution < 1.29 is 22.3 Å². The minimum Gasteiger partial charge on any atom is -0.461 e. The van der Waals surface area contributed by atoms with E-state index in [1.54, 1.807) is 12.3 Å². The number of nitrogens with two attached hydrogens (primary N) is 2. The average molecular weight is 617 g/mol. The van der Waals surface area contributed by atoms with E-state index in [1.165, 1.54) is 22.7 Å². The number of aromatic nitrogens is 1. The number of esters is 1. The van der Waals surface area contributed by atoms with Crippen molar-refractivity contribution >= 4 is 32.6 Å². The number of carbonyl (C=O) groups is 1. The number of H-pyrrole nitrogens is 1. The third kappa shape index (κ3) is 9.40. The number of hydrogen-bond donors (Lipinski definition) is 4. The number of rotatable bonds is 13. The van der Waals surface area contributed by atoms with E-state index < -0.39 is 21.8 Å². The standard InChI is InChI=1S/C31H45FN6O4S/c1-21(2)19-42-31(39)30-29(26-16-25(32)8-9-28(26)36-30)27(33)18-38(34)17-23-10-13-37(14-11-23)15-12-35-43(40,41)20-24-6-4-22(3)5-7-24/h4,6,8-9,16,18,21,23,35-36H,5,7,10-15,17,19-20,33-34H2,1-3H3/b27-18-. The van der Waals surface area contributed by atoms with E-state index in [4.69, 9.17) is 16.3 Å². The fraction of sp³-hybridized carbons (Fsp3) is 0.516. The van der Waals surface area contributed by atoms with Gasteiger partial charge in [-0.1, -0.05) is 37.1 Å². The molecule has 1 aromatic heterocycles. The smallest absolute Gasteiger partial charge is 0.355 e. The summed E-state index contributed by atoms with van der Waals surface area (Å²) in [4.78, 5) is 18.2. The molecule has 2 aromatic rings. The number of allylic oxidation sites excluding steroid dienone is 3. The van der Waals surface area contributed by atoms with E-state index in [0.29, 0.717) is 42.0 Å². The highest BCUT2D eigenvalue weighted by Crippen LogP contribution is 2.29. The maximum absolute atomic E-state index is 14.1. The first-order valence-corrected chi connectivity index (χ1v) is 16.6. The molecule has 0 bridgehead atoms. The van der Waals surface area contributed by atoms with Crippen LogP contribution in [0.25, 0.3) is 16.6 Å². The highest BCUT2D eigenvalue weighted by Gasteiger charge is 2.24. The second-order valence-corrected chi connectivity index (χ2v) is 13.9. The summed E-state index contributed by atoms with van der Waals surface area (Å²) in [6.45, 7) is 9.43. The highest BCUT2D eigenvalue weighted by atomic mass is 32.2. The van der Waals surface area contributed by atoms with Gasteiger partial charge in [0.25, 0.3) is 0 Å². The van der Waals surface area contributed by atoms with Gasteiger partial charge < -0.3 is 25.4 Å². The second-order valence-electron chi connectivity index (χ2n) is 12.1. The maximum Gasteiger partial charge on any atom is 0.355 e. The van der Waals surface area contributed by atoms with Crippen LogP contribution in [0.15, 0.2) is 47.7 Å². The van der Waals surface area contributed by atoms with E-state index in [9.17, 15) is 17.6 Å². The molecule has 4 rings (SSSR count). The van der Waals surface area contributed by atoms with Crippen LogP contribution >= 0.6 is 0 Å². The van der Waals surface area contributed by atoms with E-state index in [0.717, 1.165) is 44.3 Å². The van der Waals surface area contributed by atoms with Crippen molar-refractivity contribution in [3.05, 3.63) is 64.8 Å². The Hall–Kier alpha value is -3.19. The van der Waals surface area contributed by atoms with Crippen LogP contribution in [0, 0.1) is 17.7 Å². The van der Waals surface area contributed by atoms with Crippen LogP contribution in [-0.4, -0.2) is 74.4 Å². The molecule has 43 heavy (non-hydrogen) atoms.